The third-order valence-electron chi connectivity index (χ3n) is 6.24. The number of benzene rings is 1. The summed E-state index contributed by atoms with van der Waals surface area (Å²) in [4.78, 5) is 32.4. The molecule has 7 heteroatoms. The molecule has 0 aliphatic carbocycles. The van der Waals surface area contributed by atoms with Gasteiger partial charge in [-0.3, -0.25) is 9.59 Å². The number of hydrogen-bond acceptors (Lipinski definition) is 5. The van der Waals surface area contributed by atoms with Crippen LogP contribution in [0, 0.1) is 6.92 Å². The molecule has 1 aliphatic rings. The molecular formula is C27H33N3O4. The lowest BCUT2D eigenvalue weighted by molar-refractivity contribution is -0.132. The molecule has 0 unspecified atom stereocenters. The predicted octanol–water partition coefficient (Wildman–Crippen LogP) is 3.99. The highest BCUT2D eigenvalue weighted by Gasteiger charge is 2.25. The van der Waals surface area contributed by atoms with Crippen molar-refractivity contribution in [2.45, 2.75) is 32.7 Å². The molecule has 1 saturated heterocycles. The highest BCUT2D eigenvalue weighted by molar-refractivity contribution is 5.94. The molecule has 1 aromatic carbocycles. The second-order valence-electron chi connectivity index (χ2n) is 8.82. The lowest BCUT2D eigenvalue weighted by atomic mass is 10.1. The van der Waals surface area contributed by atoms with Crippen LogP contribution < -0.4 is 0 Å². The van der Waals surface area contributed by atoms with Gasteiger partial charge >= 0.3 is 0 Å². The number of rotatable bonds is 11. The van der Waals surface area contributed by atoms with Crippen molar-refractivity contribution in [1.29, 1.82) is 0 Å². The summed E-state index contributed by atoms with van der Waals surface area (Å²) in [5, 5.41) is 0. The van der Waals surface area contributed by atoms with Crippen molar-refractivity contribution in [2.24, 2.45) is 0 Å². The van der Waals surface area contributed by atoms with Gasteiger partial charge in [-0.2, -0.15) is 0 Å². The summed E-state index contributed by atoms with van der Waals surface area (Å²) in [6.45, 7) is 6.11. The average molecular weight is 464 g/mol. The lowest BCUT2D eigenvalue weighted by Crippen LogP contribution is -2.45. The average Bonchev–Trinajstić information content (AvgIpc) is 3.63. The van der Waals surface area contributed by atoms with Crippen molar-refractivity contribution in [3.8, 4) is 0 Å². The van der Waals surface area contributed by atoms with Crippen LogP contribution in [-0.2, 0) is 17.8 Å². The number of hydrogen-bond donors (Lipinski definition) is 0. The Hall–Kier alpha value is -3.32. The summed E-state index contributed by atoms with van der Waals surface area (Å²) in [5.74, 6) is 1.44. The normalized spacial score (nSPS) is 13.8. The zero-order valence-electron chi connectivity index (χ0n) is 19.8. The van der Waals surface area contributed by atoms with Gasteiger partial charge in [0, 0.05) is 19.6 Å². The fourth-order valence-electron chi connectivity index (χ4n) is 4.30. The van der Waals surface area contributed by atoms with Crippen LogP contribution in [0.25, 0.3) is 0 Å². The van der Waals surface area contributed by atoms with Gasteiger partial charge in [-0.1, -0.05) is 30.3 Å². The van der Waals surface area contributed by atoms with Gasteiger partial charge in [0.1, 0.15) is 18.1 Å². The molecule has 0 atom stereocenters. The number of likely N-dealkylation sites (tertiary alicyclic amines) is 1. The molecule has 0 spiro atoms. The number of carbonyl (C=O) groups is 2. The molecule has 2 aromatic heterocycles. The second-order valence-corrected chi connectivity index (χ2v) is 8.82. The summed E-state index contributed by atoms with van der Waals surface area (Å²) >= 11 is 0. The minimum atomic E-state index is -0.255. The van der Waals surface area contributed by atoms with E-state index in [0.717, 1.165) is 43.1 Å². The van der Waals surface area contributed by atoms with Gasteiger partial charge in [-0.25, -0.2) is 0 Å². The minimum absolute atomic E-state index is 0.00184. The Bertz CT molecular complexity index is 1040. The molecule has 1 aliphatic heterocycles. The summed E-state index contributed by atoms with van der Waals surface area (Å²) in [6, 6.07) is 17.2. The van der Waals surface area contributed by atoms with E-state index in [9.17, 15) is 9.59 Å². The monoisotopic (exact) mass is 463 g/mol. The quantitative estimate of drug-likeness (QED) is 0.430. The van der Waals surface area contributed by atoms with E-state index in [1.54, 1.807) is 21.9 Å². The minimum Gasteiger partial charge on any atom is -0.464 e. The molecule has 180 valence electrons. The largest absolute Gasteiger partial charge is 0.464 e. The maximum absolute atomic E-state index is 13.5. The van der Waals surface area contributed by atoms with Crippen molar-refractivity contribution in [3.05, 3.63) is 83.7 Å². The smallest absolute Gasteiger partial charge is 0.290 e. The van der Waals surface area contributed by atoms with Crippen LogP contribution in [0.4, 0.5) is 0 Å². The highest BCUT2D eigenvalue weighted by Crippen LogP contribution is 2.14. The van der Waals surface area contributed by atoms with E-state index in [0.29, 0.717) is 19.6 Å². The first-order valence-electron chi connectivity index (χ1n) is 12.0. The van der Waals surface area contributed by atoms with Crippen LogP contribution >= 0.6 is 0 Å². The molecule has 7 nitrogen and oxygen atoms in total. The van der Waals surface area contributed by atoms with E-state index in [1.165, 1.54) is 19.1 Å². The van der Waals surface area contributed by atoms with Crippen LogP contribution in [0.1, 0.15) is 40.5 Å². The zero-order chi connectivity index (χ0) is 23.8. The van der Waals surface area contributed by atoms with E-state index < -0.39 is 0 Å². The standard InChI is InChI=1S/C27H33N3O4/c1-22-11-12-24(34-22)20-29(16-13-23-8-3-2-4-9-23)26(31)21-30(18-17-28-14-5-6-15-28)27(32)25-10-7-19-33-25/h2-4,7-12,19H,5-6,13-18,20-21H2,1H3. The van der Waals surface area contributed by atoms with Crippen LogP contribution in [0.3, 0.4) is 0 Å². The van der Waals surface area contributed by atoms with E-state index in [4.69, 9.17) is 8.83 Å². The first kappa shape index (κ1) is 23.8. The van der Waals surface area contributed by atoms with Gasteiger partial charge in [0.15, 0.2) is 5.76 Å². The molecule has 34 heavy (non-hydrogen) atoms. The summed E-state index contributed by atoms with van der Waals surface area (Å²) in [7, 11) is 0. The van der Waals surface area contributed by atoms with Crippen molar-refractivity contribution in [1.82, 2.24) is 14.7 Å². The van der Waals surface area contributed by atoms with Gasteiger partial charge in [0.05, 0.1) is 12.8 Å². The number of aryl methyl sites for hydroxylation is 1. The molecule has 1 fully saturated rings. The maximum Gasteiger partial charge on any atom is 0.290 e. The molecule has 0 radical (unpaired) electrons. The second kappa shape index (κ2) is 11.7. The van der Waals surface area contributed by atoms with Gasteiger partial charge < -0.3 is 23.5 Å². The molecule has 0 N–H and O–H groups in total. The predicted molar refractivity (Wildman–Crippen MR) is 129 cm³/mol. The Morgan fingerprint density at radius 1 is 0.941 bits per heavy atom. The maximum atomic E-state index is 13.5. The topological polar surface area (TPSA) is 70.1 Å². The van der Waals surface area contributed by atoms with Gasteiger partial charge in [-0.15, -0.1) is 0 Å². The molecule has 3 aromatic rings. The first-order chi connectivity index (χ1) is 16.6. The van der Waals surface area contributed by atoms with E-state index in [1.807, 2.05) is 37.3 Å². The Morgan fingerprint density at radius 2 is 1.74 bits per heavy atom. The number of amides is 2. The van der Waals surface area contributed by atoms with E-state index in [2.05, 4.69) is 17.0 Å². The Kier molecular flexibility index (Phi) is 8.20. The molecule has 4 rings (SSSR count). The SMILES string of the molecule is Cc1ccc(CN(CCc2ccccc2)C(=O)CN(CCN2CCCC2)C(=O)c2ccco2)o1. The van der Waals surface area contributed by atoms with E-state index >= 15 is 0 Å². The highest BCUT2D eigenvalue weighted by atomic mass is 16.3. The lowest BCUT2D eigenvalue weighted by Gasteiger charge is -2.28. The molecule has 0 bridgehead atoms. The fraction of sp³-hybridized carbons (Fsp3) is 0.407. The van der Waals surface area contributed by atoms with Crippen molar-refractivity contribution < 1.29 is 18.4 Å². The number of furan rings is 2. The first-order valence-corrected chi connectivity index (χ1v) is 12.0. The summed E-state index contributed by atoms with van der Waals surface area (Å²) < 4.78 is 11.1. The fourth-order valence-corrected chi connectivity index (χ4v) is 4.30. The van der Waals surface area contributed by atoms with Gasteiger partial charge in [0.2, 0.25) is 5.91 Å². The third-order valence-corrected chi connectivity index (χ3v) is 6.24. The zero-order valence-corrected chi connectivity index (χ0v) is 19.8. The van der Waals surface area contributed by atoms with Crippen LogP contribution in [0.15, 0.2) is 69.7 Å². The van der Waals surface area contributed by atoms with Crippen LogP contribution in [0.2, 0.25) is 0 Å². The number of carbonyl (C=O) groups excluding carboxylic acids is 2. The van der Waals surface area contributed by atoms with Crippen LogP contribution in [0.5, 0.6) is 0 Å². The van der Waals surface area contributed by atoms with Crippen LogP contribution in [-0.4, -0.2) is 65.8 Å². The molecule has 0 saturated carbocycles. The van der Waals surface area contributed by atoms with Crippen molar-refractivity contribution >= 4 is 11.8 Å². The Balaban J connectivity index is 1.46. The number of nitrogens with zero attached hydrogens (tertiary/aromatic N) is 3. The summed E-state index contributed by atoms with van der Waals surface area (Å²) in [6.07, 6.45) is 4.58. The molecular weight excluding hydrogens is 430 g/mol. The van der Waals surface area contributed by atoms with Crippen molar-refractivity contribution in [3.63, 3.8) is 0 Å². The molecule has 2 amide bonds. The Labute approximate surface area is 200 Å². The Morgan fingerprint density at radius 3 is 2.41 bits per heavy atom. The summed E-state index contributed by atoms with van der Waals surface area (Å²) in [5.41, 5.74) is 1.16. The van der Waals surface area contributed by atoms with Gasteiger partial charge in [-0.05, 0) is 69.1 Å². The molecule has 3 heterocycles. The van der Waals surface area contributed by atoms with Crippen molar-refractivity contribution in [2.75, 3.05) is 39.3 Å². The van der Waals surface area contributed by atoms with Gasteiger partial charge in [0.25, 0.3) is 5.91 Å². The third kappa shape index (κ3) is 6.60. The van der Waals surface area contributed by atoms with E-state index in [-0.39, 0.29) is 24.1 Å².